The zero-order valence-corrected chi connectivity index (χ0v) is 15.1. The van der Waals surface area contributed by atoms with Crippen LogP contribution in [-0.2, 0) is 23.0 Å². The van der Waals surface area contributed by atoms with E-state index < -0.39 is 5.91 Å². The number of nitrogens with two attached hydrogens (primary N) is 1. The van der Waals surface area contributed by atoms with Crippen molar-refractivity contribution in [2.75, 3.05) is 31.2 Å². The van der Waals surface area contributed by atoms with Crippen molar-refractivity contribution in [2.45, 2.75) is 6.42 Å². The molecule has 3 heterocycles. The highest BCUT2D eigenvalue weighted by molar-refractivity contribution is 5.88. The molecule has 1 amide bonds. The number of hydrogen-bond donors (Lipinski definition) is 1. The van der Waals surface area contributed by atoms with E-state index in [-0.39, 0.29) is 12.0 Å². The molecule has 1 aliphatic rings. The first-order chi connectivity index (χ1) is 13.0. The van der Waals surface area contributed by atoms with Crippen molar-refractivity contribution in [3.05, 3.63) is 52.7 Å². The Morgan fingerprint density at radius 2 is 2.04 bits per heavy atom. The summed E-state index contributed by atoms with van der Waals surface area (Å²) >= 11 is 0. The molecule has 1 aliphatic heterocycles. The fraction of sp³-hybridized carbons (Fsp3) is 0.316. The van der Waals surface area contributed by atoms with Gasteiger partial charge in [0.05, 0.1) is 25.3 Å². The molecule has 0 atom stereocenters. The van der Waals surface area contributed by atoms with Crippen LogP contribution in [0, 0.1) is 0 Å². The zero-order chi connectivity index (χ0) is 19.0. The average Bonchev–Trinajstić information content (AvgIpc) is 3.03. The molecular formula is C19H21N5O3. The van der Waals surface area contributed by atoms with Crippen molar-refractivity contribution in [3.8, 4) is 5.69 Å². The maximum atomic E-state index is 13.0. The summed E-state index contributed by atoms with van der Waals surface area (Å²) in [5, 5.41) is 0.911. The molecule has 1 fully saturated rings. The van der Waals surface area contributed by atoms with Gasteiger partial charge in [-0.3, -0.25) is 14.2 Å². The molecule has 27 heavy (non-hydrogen) atoms. The van der Waals surface area contributed by atoms with Crippen LogP contribution >= 0.6 is 0 Å². The third-order valence-electron chi connectivity index (χ3n) is 4.79. The molecule has 0 spiro atoms. The number of morpholine rings is 1. The number of amides is 1. The number of benzene rings is 1. The van der Waals surface area contributed by atoms with E-state index in [9.17, 15) is 9.59 Å². The van der Waals surface area contributed by atoms with E-state index in [0.717, 1.165) is 10.9 Å². The number of hydrogen-bond acceptors (Lipinski definition) is 5. The molecule has 8 heteroatoms. The van der Waals surface area contributed by atoms with Crippen LogP contribution in [0.2, 0.25) is 0 Å². The minimum atomic E-state index is -0.532. The molecule has 1 aromatic carbocycles. The van der Waals surface area contributed by atoms with Gasteiger partial charge in [-0.1, -0.05) is 6.07 Å². The Hall–Kier alpha value is -3.13. The first-order valence-electron chi connectivity index (χ1n) is 8.83. The average molecular weight is 367 g/mol. The van der Waals surface area contributed by atoms with Crippen molar-refractivity contribution in [2.24, 2.45) is 12.8 Å². The lowest BCUT2D eigenvalue weighted by molar-refractivity contribution is -0.117. The Morgan fingerprint density at radius 3 is 2.78 bits per heavy atom. The SMILES string of the molecule is Cn1ccc2c(-n3c(CC(N)=O)nc(N4CCOCC4)cc3=O)cccc21. The Labute approximate surface area is 155 Å². The van der Waals surface area contributed by atoms with Gasteiger partial charge in [-0.25, -0.2) is 4.98 Å². The summed E-state index contributed by atoms with van der Waals surface area (Å²) in [4.78, 5) is 31.3. The minimum Gasteiger partial charge on any atom is -0.378 e. The third kappa shape index (κ3) is 3.19. The summed E-state index contributed by atoms with van der Waals surface area (Å²) in [6.45, 7) is 2.47. The van der Waals surface area contributed by atoms with E-state index >= 15 is 0 Å². The highest BCUT2D eigenvalue weighted by Gasteiger charge is 2.19. The zero-order valence-electron chi connectivity index (χ0n) is 15.1. The van der Waals surface area contributed by atoms with Gasteiger partial charge in [0.15, 0.2) is 0 Å². The first kappa shape index (κ1) is 17.3. The largest absolute Gasteiger partial charge is 0.378 e. The molecule has 1 saturated heterocycles. The van der Waals surface area contributed by atoms with Crippen LogP contribution in [0.4, 0.5) is 5.82 Å². The fourth-order valence-electron chi connectivity index (χ4n) is 3.48. The second kappa shape index (κ2) is 6.88. The van der Waals surface area contributed by atoms with Crippen LogP contribution in [0.15, 0.2) is 41.3 Å². The van der Waals surface area contributed by atoms with Gasteiger partial charge >= 0.3 is 0 Å². The lowest BCUT2D eigenvalue weighted by Gasteiger charge is -2.28. The molecule has 0 unspecified atom stereocenters. The van der Waals surface area contributed by atoms with Gasteiger partial charge in [0.1, 0.15) is 11.6 Å². The fourth-order valence-corrected chi connectivity index (χ4v) is 3.48. The quantitative estimate of drug-likeness (QED) is 0.728. The highest BCUT2D eigenvalue weighted by Crippen LogP contribution is 2.24. The first-order valence-corrected chi connectivity index (χ1v) is 8.83. The van der Waals surface area contributed by atoms with Gasteiger partial charge in [0.25, 0.3) is 5.56 Å². The van der Waals surface area contributed by atoms with Crippen LogP contribution in [-0.4, -0.2) is 46.3 Å². The molecule has 0 saturated carbocycles. The molecular weight excluding hydrogens is 346 g/mol. The predicted octanol–water partition coefficient (Wildman–Crippen LogP) is 0.589. The summed E-state index contributed by atoms with van der Waals surface area (Å²) in [5.74, 6) is 0.360. The Morgan fingerprint density at radius 1 is 1.26 bits per heavy atom. The smallest absolute Gasteiger partial charge is 0.260 e. The number of anilines is 1. The van der Waals surface area contributed by atoms with Crippen molar-refractivity contribution >= 4 is 22.6 Å². The van der Waals surface area contributed by atoms with Gasteiger partial charge in [0.2, 0.25) is 5.91 Å². The number of aromatic nitrogens is 3. The summed E-state index contributed by atoms with van der Waals surface area (Å²) in [6, 6.07) is 9.17. The predicted molar refractivity (Wildman–Crippen MR) is 102 cm³/mol. The molecule has 2 aromatic heterocycles. The molecule has 140 valence electrons. The number of ether oxygens (including phenoxy) is 1. The van der Waals surface area contributed by atoms with Gasteiger partial charge in [-0.05, 0) is 18.2 Å². The van der Waals surface area contributed by atoms with Gasteiger partial charge in [0, 0.05) is 43.3 Å². The van der Waals surface area contributed by atoms with E-state index in [1.807, 2.05) is 47.0 Å². The Kier molecular flexibility index (Phi) is 4.41. The summed E-state index contributed by atoms with van der Waals surface area (Å²) in [6.07, 6.45) is 1.82. The van der Waals surface area contributed by atoms with Crippen molar-refractivity contribution in [1.82, 2.24) is 14.1 Å². The van der Waals surface area contributed by atoms with E-state index in [1.54, 1.807) is 0 Å². The second-order valence-electron chi connectivity index (χ2n) is 6.58. The number of carbonyl (C=O) groups is 1. The van der Waals surface area contributed by atoms with Crippen LogP contribution < -0.4 is 16.2 Å². The lowest BCUT2D eigenvalue weighted by Crippen LogP contribution is -2.38. The van der Waals surface area contributed by atoms with E-state index in [0.29, 0.717) is 43.6 Å². The maximum absolute atomic E-state index is 13.0. The molecule has 8 nitrogen and oxygen atoms in total. The summed E-state index contributed by atoms with van der Waals surface area (Å²) < 4.78 is 8.82. The van der Waals surface area contributed by atoms with Gasteiger partial charge in [-0.2, -0.15) is 0 Å². The molecule has 3 aromatic rings. The van der Waals surface area contributed by atoms with E-state index in [2.05, 4.69) is 4.98 Å². The Balaban J connectivity index is 1.90. The monoisotopic (exact) mass is 367 g/mol. The van der Waals surface area contributed by atoms with Crippen LogP contribution in [0.25, 0.3) is 16.6 Å². The van der Waals surface area contributed by atoms with Crippen molar-refractivity contribution < 1.29 is 9.53 Å². The number of fused-ring (bicyclic) bond motifs is 1. The number of primary amides is 1. The van der Waals surface area contributed by atoms with Crippen molar-refractivity contribution in [1.29, 1.82) is 0 Å². The standard InChI is InChI=1S/C19H21N5O3/c1-22-6-5-13-14(22)3-2-4-15(13)24-18(11-16(20)25)21-17(12-19(24)26)23-7-9-27-10-8-23/h2-6,12H,7-11H2,1H3,(H2,20,25). The van der Waals surface area contributed by atoms with Crippen LogP contribution in [0.3, 0.4) is 0 Å². The van der Waals surface area contributed by atoms with Crippen molar-refractivity contribution in [3.63, 3.8) is 0 Å². The Bertz CT molecular complexity index is 1060. The molecule has 4 rings (SSSR count). The highest BCUT2D eigenvalue weighted by atomic mass is 16.5. The van der Waals surface area contributed by atoms with Gasteiger partial charge in [-0.15, -0.1) is 0 Å². The minimum absolute atomic E-state index is 0.114. The molecule has 0 radical (unpaired) electrons. The van der Waals surface area contributed by atoms with Crippen LogP contribution in [0.5, 0.6) is 0 Å². The topological polar surface area (TPSA) is 95.4 Å². The molecule has 0 aliphatic carbocycles. The second-order valence-corrected chi connectivity index (χ2v) is 6.58. The number of rotatable bonds is 4. The maximum Gasteiger partial charge on any atom is 0.260 e. The number of nitrogens with zero attached hydrogens (tertiary/aromatic N) is 4. The number of carbonyl (C=O) groups excluding carboxylic acids is 1. The van der Waals surface area contributed by atoms with Crippen LogP contribution in [0.1, 0.15) is 5.82 Å². The van der Waals surface area contributed by atoms with E-state index in [1.165, 1.54) is 10.6 Å². The third-order valence-corrected chi connectivity index (χ3v) is 4.79. The normalized spacial score (nSPS) is 14.6. The number of aryl methyl sites for hydroxylation is 1. The summed E-state index contributed by atoms with van der Waals surface area (Å²) in [5.41, 5.74) is 6.88. The molecule has 0 bridgehead atoms. The lowest BCUT2D eigenvalue weighted by atomic mass is 10.2. The van der Waals surface area contributed by atoms with E-state index in [4.69, 9.17) is 10.5 Å². The van der Waals surface area contributed by atoms with Gasteiger partial charge < -0.3 is 19.9 Å². The molecule has 2 N–H and O–H groups in total. The summed E-state index contributed by atoms with van der Waals surface area (Å²) in [7, 11) is 1.94.